The minimum absolute atomic E-state index is 0.139. The Labute approximate surface area is 125 Å². The van der Waals surface area contributed by atoms with Crippen LogP contribution in [0.3, 0.4) is 0 Å². The minimum Gasteiger partial charge on any atom is -0.360 e. The van der Waals surface area contributed by atoms with E-state index in [0.29, 0.717) is 6.54 Å². The van der Waals surface area contributed by atoms with Gasteiger partial charge in [-0.05, 0) is 36.1 Å². The minimum atomic E-state index is -0.211. The molecule has 106 valence electrons. The molecular formula is C15H16BrFN2O. The smallest absolute Gasteiger partial charge is 0.150 e. The number of nitrogens with zero attached hydrogens (tertiary/aromatic N) is 1. The van der Waals surface area contributed by atoms with Gasteiger partial charge in [0.1, 0.15) is 11.6 Å². The number of nitrogens with one attached hydrogen (secondary N) is 1. The summed E-state index contributed by atoms with van der Waals surface area (Å²) in [5, 5.41) is 7.13. The normalized spacial score (nSPS) is 16.3. The second-order valence-corrected chi connectivity index (χ2v) is 6.21. The lowest BCUT2D eigenvalue weighted by molar-refractivity contribution is 0.357. The van der Waals surface area contributed by atoms with Gasteiger partial charge in [0.25, 0.3) is 0 Å². The van der Waals surface area contributed by atoms with Gasteiger partial charge < -0.3 is 9.84 Å². The highest BCUT2D eigenvalue weighted by Crippen LogP contribution is 2.38. The zero-order valence-electron chi connectivity index (χ0n) is 11.0. The van der Waals surface area contributed by atoms with E-state index in [4.69, 9.17) is 4.52 Å². The number of hydrogen-bond acceptors (Lipinski definition) is 3. The molecule has 0 aliphatic heterocycles. The maximum absolute atomic E-state index is 13.6. The summed E-state index contributed by atoms with van der Waals surface area (Å²) in [5.74, 6) is 1.34. The lowest BCUT2D eigenvalue weighted by Crippen LogP contribution is -2.21. The van der Waals surface area contributed by atoms with Gasteiger partial charge in [-0.15, -0.1) is 0 Å². The number of halogens is 2. The summed E-state index contributed by atoms with van der Waals surface area (Å²) in [7, 11) is 0. The second kappa shape index (κ2) is 6.06. The molecule has 1 atom stereocenters. The topological polar surface area (TPSA) is 38.1 Å². The molecule has 1 heterocycles. The van der Waals surface area contributed by atoms with Gasteiger partial charge in [-0.1, -0.05) is 33.9 Å². The van der Waals surface area contributed by atoms with Crippen molar-refractivity contribution in [1.82, 2.24) is 10.5 Å². The van der Waals surface area contributed by atoms with Crippen molar-refractivity contribution in [2.45, 2.75) is 31.8 Å². The summed E-state index contributed by atoms with van der Waals surface area (Å²) in [4.78, 5) is 0. The Hall–Kier alpha value is -1.20. The molecule has 3 nitrogen and oxygen atoms in total. The Balaban J connectivity index is 1.73. The highest BCUT2D eigenvalue weighted by Gasteiger charge is 2.26. The predicted molar refractivity (Wildman–Crippen MR) is 77.5 cm³/mol. The van der Waals surface area contributed by atoms with E-state index in [2.05, 4.69) is 26.4 Å². The Kier molecular flexibility index (Phi) is 4.17. The van der Waals surface area contributed by atoms with E-state index in [1.807, 2.05) is 12.1 Å². The summed E-state index contributed by atoms with van der Waals surface area (Å²) in [5.41, 5.74) is 0.975. The Bertz CT molecular complexity index is 549. The van der Waals surface area contributed by atoms with E-state index in [1.165, 1.54) is 18.9 Å². The summed E-state index contributed by atoms with van der Waals surface area (Å²) >= 11 is 3.36. The molecule has 1 aromatic carbocycles. The molecule has 0 bridgehead atoms. The van der Waals surface area contributed by atoms with Crippen molar-refractivity contribution in [2.75, 3.05) is 0 Å². The molecule has 1 aromatic heterocycles. The van der Waals surface area contributed by atoms with Gasteiger partial charge in [-0.3, -0.25) is 0 Å². The van der Waals surface area contributed by atoms with Crippen molar-refractivity contribution < 1.29 is 8.91 Å². The Morgan fingerprint density at radius 1 is 1.40 bits per heavy atom. The van der Waals surface area contributed by atoms with Crippen molar-refractivity contribution in [3.8, 4) is 0 Å². The monoisotopic (exact) mass is 338 g/mol. The van der Waals surface area contributed by atoms with Crippen LogP contribution in [0.1, 0.15) is 36.6 Å². The van der Waals surface area contributed by atoms with Crippen molar-refractivity contribution in [3.05, 3.63) is 52.1 Å². The fraction of sp³-hybridized carbons (Fsp3) is 0.400. The number of hydrogen-bond donors (Lipinski definition) is 1. The van der Waals surface area contributed by atoms with E-state index in [1.54, 1.807) is 12.3 Å². The SMILES string of the molecule is Fc1cc(Br)cc([C@@H](CC2CC2)NCc2ccno2)c1. The van der Waals surface area contributed by atoms with Crippen LogP contribution in [0.4, 0.5) is 4.39 Å². The molecule has 0 saturated heterocycles. The zero-order valence-corrected chi connectivity index (χ0v) is 12.6. The van der Waals surface area contributed by atoms with Crippen molar-refractivity contribution in [2.24, 2.45) is 5.92 Å². The molecule has 0 amide bonds. The molecule has 1 N–H and O–H groups in total. The molecule has 3 rings (SSSR count). The molecule has 5 heteroatoms. The van der Waals surface area contributed by atoms with Gasteiger partial charge in [-0.2, -0.15) is 0 Å². The van der Waals surface area contributed by atoms with E-state index >= 15 is 0 Å². The molecular weight excluding hydrogens is 323 g/mol. The second-order valence-electron chi connectivity index (χ2n) is 5.29. The average Bonchev–Trinajstić information content (AvgIpc) is 3.06. The van der Waals surface area contributed by atoms with Gasteiger partial charge in [0.15, 0.2) is 0 Å². The molecule has 2 aromatic rings. The van der Waals surface area contributed by atoms with Crippen LogP contribution in [-0.2, 0) is 6.54 Å². The highest BCUT2D eigenvalue weighted by atomic mass is 79.9. The molecule has 1 saturated carbocycles. The Morgan fingerprint density at radius 3 is 2.90 bits per heavy atom. The number of benzene rings is 1. The van der Waals surface area contributed by atoms with E-state index in [0.717, 1.165) is 28.1 Å². The van der Waals surface area contributed by atoms with Crippen molar-refractivity contribution in [1.29, 1.82) is 0 Å². The first kappa shape index (κ1) is 13.8. The van der Waals surface area contributed by atoms with Gasteiger partial charge in [0.2, 0.25) is 0 Å². The molecule has 1 aliphatic carbocycles. The lowest BCUT2D eigenvalue weighted by Gasteiger charge is -2.19. The first-order valence-electron chi connectivity index (χ1n) is 6.79. The lowest BCUT2D eigenvalue weighted by atomic mass is 10.0. The van der Waals surface area contributed by atoms with Crippen molar-refractivity contribution >= 4 is 15.9 Å². The molecule has 0 radical (unpaired) electrons. The number of rotatable bonds is 6. The van der Waals surface area contributed by atoms with Crippen LogP contribution in [0.2, 0.25) is 0 Å². The van der Waals surface area contributed by atoms with Crippen molar-refractivity contribution in [3.63, 3.8) is 0 Å². The first-order valence-corrected chi connectivity index (χ1v) is 7.59. The fourth-order valence-corrected chi connectivity index (χ4v) is 2.84. The third-order valence-electron chi connectivity index (χ3n) is 3.57. The standard InChI is InChI=1S/C15H16BrFN2O/c16-12-6-11(7-13(17)8-12)15(5-10-1-2-10)18-9-14-3-4-19-20-14/h3-4,6-8,10,15,18H,1-2,5,9H2/t15-/m1/s1. The van der Waals surface area contributed by atoms with E-state index in [9.17, 15) is 4.39 Å². The van der Waals surface area contributed by atoms with Crippen LogP contribution in [0.25, 0.3) is 0 Å². The van der Waals surface area contributed by atoms with Gasteiger partial charge in [0.05, 0.1) is 12.7 Å². The number of aromatic nitrogens is 1. The van der Waals surface area contributed by atoms with Gasteiger partial charge in [-0.25, -0.2) is 4.39 Å². The van der Waals surface area contributed by atoms with Crippen LogP contribution < -0.4 is 5.32 Å². The van der Waals surface area contributed by atoms with Crippen LogP contribution in [-0.4, -0.2) is 5.16 Å². The summed E-state index contributed by atoms with van der Waals surface area (Å²) < 4.78 is 19.4. The first-order chi connectivity index (χ1) is 9.70. The summed E-state index contributed by atoms with van der Waals surface area (Å²) in [6.07, 6.45) is 5.21. The Morgan fingerprint density at radius 2 is 2.25 bits per heavy atom. The van der Waals surface area contributed by atoms with E-state index in [-0.39, 0.29) is 11.9 Å². The fourth-order valence-electron chi connectivity index (χ4n) is 2.36. The molecule has 1 aliphatic rings. The van der Waals surface area contributed by atoms with Gasteiger partial charge >= 0.3 is 0 Å². The predicted octanol–water partition coefficient (Wildman–Crippen LogP) is 4.21. The third-order valence-corrected chi connectivity index (χ3v) is 4.02. The molecule has 20 heavy (non-hydrogen) atoms. The van der Waals surface area contributed by atoms with E-state index < -0.39 is 0 Å². The average molecular weight is 339 g/mol. The summed E-state index contributed by atoms with van der Waals surface area (Å²) in [6, 6.07) is 7.03. The molecule has 1 fully saturated rings. The molecule has 0 unspecified atom stereocenters. The zero-order chi connectivity index (χ0) is 13.9. The van der Waals surface area contributed by atoms with Crippen LogP contribution in [0.15, 0.2) is 39.5 Å². The summed E-state index contributed by atoms with van der Waals surface area (Å²) in [6.45, 7) is 0.603. The van der Waals surface area contributed by atoms with Crippen LogP contribution in [0, 0.1) is 11.7 Å². The highest BCUT2D eigenvalue weighted by molar-refractivity contribution is 9.10. The van der Waals surface area contributed by atoms with Crippen LogP contribution >= 0.6 is 15.9 Å². The van der Waals surface area contributed by atoms with Gasteiger partial charge in [0, 0.05) is 16.6 Å². The maximum Gasteiger partial charge on any atom is 0.150 e. The third kappa shape index (κ3) is 3.67. The largest absolute Gasteiger partial charge is 0.360 e. The van der Waals surface area contributed by atoms with Crippen LogP contribution in [0.5, 0.6) is 0 Å². The molecule has 0 spiro atoms. The quantitative estimate of drug-likeness (QED) is 0.857. The maximum atomic E-state index is 13.6.